The molecule has 0 aliphatic carbocycles. The van der Waals surface area contributed by atoms with E-state index in [9.17, 15) is 0 Å². The summed E-state index contributed by atoms with van der Waals surface area (Å²) in [7, 11) is 3.57. The minimum absolute atomic E-state index is 0.839. The predicted molar refractivity (Wildman–Crippen MR) is 69.4 cm³/mol. The quantitative estimate of drug-likeness (QED) is 0.879. The van der Waals surface area contributed by atoms with Crippen molar-refractivity contribution in [2.45, 2.75) is 13.5 Å². The van der Waals surface area contributed by atoms with Crippen LogP contribution in [0.1, 0.15) is 6.92 Å². The van der Waals surface area contributed by atoms with Gasteiger partial charge in [-0.3, -0.25) is 0 Å². The van der Waals surface area contributed by atoms with E-state index in [4.69, 9.17) is 4.74 Å². The van der Waals surface area contributed by atoms with Crippen molar-refractivity contribution in [3.05, 3.63) is 30.3 Å². The van der Waals surface area contributed by atoms with E-state index in [1.807, 2.05) is 42.1 Å². The molecule has 1 heterocycles. The Balaban J connectivity index is 2.49. The summed E-state index contributed by atoms with van der Waals surface area (Å²) >= 11 is 0. The number of benzene rings is 1. The van der Waals surface area contributed by atoms with E-state index in [1.165, 1.54) is 0 Å². The van der Waals surface area contributed by atoms with Gasteiger partial charge in [-0.15, -0.1) is 0 Å². The Labute approximate surface area is 101 Å². The highest BCUT2D eigenvalue weighted by atomic mass is 16.5. The first-order valence-corrected chi connectivity index (χ1v) is 5.69. The van der Waals surface area contributed by atoms with Crippen molar-refractivity contribution < 1.29 is 4.74 Å². The molecule has 2 aromatic rings. The number of aromatic nitrogens is 2. The summed E-state index contributed by atoms with van der Waals surface area (Å²) < 4.78 is 7.28. The van der Waals surface area contributed by atoms with Crippen molar-refractivity contribution in [1.29, 1.82) is 0 Å². The maximum atomic E-state index is 5.35. The molecular formula is C13H17N3O. The molecule has 1 N–H and O–H groups in total. The second kappa shape index (κ2) is 4.91. The van der Waals surface area contributed by atoms with Gasteiger partial charge in [0.2, 0.25) is 0 Å². The van der Waals surface area contributed by atoms with Crippen molar-refractivity contribution in [2.75, 3.05) is 19.5 Å². The molecule has 1 aromatic heterocycles. The van der Waals surface area contributed by atoms with Crippen LogP contribution in [0.15, 0.2) is 30.3 Å². The van der Waals surface area contributed by atoms with Crippen LogP contribution in [0.4, 0.5) is 5.82 Å². The average molecular weight is 231 g/mol. The Hall–Kier alpha value is -1.97. The standard InChI is InChI=1S/C13H17N3O/c1-4-16-13(14-2)9-11(15-16)10-7-5-6-8-12(10)17-3/h5-9,14H,4H2,1-3H3. The lowest BCUT2D eigenvalue weighted by Gasteiger charge is -2.04. The van der Waals surface area contributed by atoms with Gasteiger partial charge in [-0.25, -0.2) is 4.68 Å². The zero-order chi connectivity index (χ0) is 12.3. The Morgan fingerprint density at radius 2 is 2.12 bits per heavy atom. The molecule has 0 saturated carbocycles. The van der Waals surface area contributed by atoms with Crippen LogP contribution in [-0.4, -0.2) is 23.9 Å². The first-order valence-electron chi connectivity index (χ1n) is 5.69. The summed E-state index contributed by atoms with van der Waals surface area (Å²) in [4.78, 5) is 0. The molecular weight excluding hydrogens is 214 g/mol. The van der Waals surface area contributed by atoms with Crippen molar-refractivity contribution >= 4 is 5.82 Å². The van der Waals surface area contributed by atoms with Crippen LogP contribution >= 0.6 is 0 Å². The zero-order valence-electron chi connectivity index (χ0n) is 10.4. The van der Waals surface area contributed by atoms with E-state index in [-0.39, 0.29) is 0 Å². The molecule has 0 bridgehead atoms. The third kappa shape index (κ3) is 2.11. The van der Waals surface area contributed by atoms with Crippen LogP contribution in [0.3, 0.4) is 0 Å². The number of hydrogen-bond donors (Lipinski definition) is 1. The van der Waals surface area contributed by atoms with Gasteiger partial charge in [0.1, 0.15) is 11.6 Å². The Bertz CT molecular complexity index is 484. The fourth-order valence-electron chi connectivity index (χ4n) is 1.85. The predicted octanol–water partition coefficient (Wildman–Crippen LogP) is 2.62. The fourth-order valence-corrected chi connectivity index (χ4v) is 1.85. The molecule has 0 unspecified atom stereocenters. The number of hydrogen-bond acceptors (Lipinski definition) is 3. The van der Waals surface area contributed by atoms with Gasteiger partial charge in [0, 0.05) is 25.2 Å². The lowest BCUT2D eigenvalue weighted by molar-refractivity contribution is 0.416. The second-order valence-corrected chi connectivity index (χ2v) is 3.68. The molecule has 0 fully saturated rings. The summed E-state index contributed by atoms with van der Waals surface area (Å²) in [6.45, 7) is 2.91. The maximum absolute atomic E-state index is 5.35. The number of ether oxygens (including phenoxy) is 1. The van der Waals surface area contributed by atoms with Gasteiger partial charge in [-0.1, -0.05) is 12.1 Å². The molecule has 4 heteroatoms. The summed E-state index contributed by atoms with van der Waals surface area (Å²) in [5.74, 6) is 1.85. The SMILES string of the molecule is CCn1nc(-c2ccccc2OC)cc1NC. The van der Waals surface area contributed by atoms with Crippen molar-refractivity contribution in [3.8, 4) is 17.0 Å². The molecule has 0 saturated heterocycles. The summed E-state index contributed by atoms with van der Waals surface area (Å²) in [6.07, 6.45) is 0. The second-order valence-electron chi connectivity index (χ2n) is 3.68. The first kappa shape index (κ1) is 11.5. The molecule has 0 atom stereocenters. The number of anilines is 1. The van der Waals surface area contributed by atoms with Gasteiger partial charge in [0.05, 0.1) is 12.8 Å². The van der Waals surface area contributed by atoms with Crippen LogP contribution in [0.2, 0.25) is 0 Å². The lowest BCUT2D eigenvalue weighted by Crippen LogP contribution is -2.02. The average Bonchev–Trinajstić information content (AvgIpc) is 2.81. The zero-order valence-corrected chi connectivity index (χ0v) is 10.4. The van der Waals surface area contributed by atoms with Crippen molar-refractivity contribution in [1.82, 2.24) is 9.78 Å². The number of para-hydroxylation sites is 1. The normalized spacial score (nSPS) is 10.3. The van der Waals surface area contributed by atoms with Crippen molar-refractivity contribution in [3.63, 3.8) is 0 Å². The highest BCUT2D eigenvalue weighted by Gasteiger charge is 2.11. The fraction of sp³-hybridized carbons (Fsp3) is 0.308. The molecule has 0 amide bonds. The molecule has 2 rings (SSSR count). The number of nitrogens with one attached hydrogen (secondary N) is 1. The third-order valence-electron chi connectivity index (χ3n) is 2.72. The van der Waals surface area contributed by atoms with Crippen LogP contribution in [0, 0.1) is 0 Å². The van der Waals surface area contributed by atoms with Gasteiger partial charge in [-0.2, -0.15) is 5.10 Å². The minimum Gasteiger partial charge on any atom is -0.496 e. The maximum Gasteiger partial charge on any atom is 0.128 e. The highest BCUT2D eigenvalue weighted by Crippen LogP contribution is 2.30. The number of nitrogens with zero attached hydrogens (tertiary/aromatic N) is 2. The van der Waals surface area contributed by atoms with E-state index >= 15 is 0 Å². The Kier molecular flexibility index (Phi) is 3.32. The van der Waals surface area contributed by atoms with E-state index in [1.54, 1.807) is 7.11 Å². The van der Waals surface area contributed by atoms with E-state index in [2.05, 4.69) is 17.3 Å². The topological polar surface area (TPSA) is 39.1 Å². The largest absolute Gasteiger partial charge is 0.496 e. The van der Waals surface area contributed by atoms with E-state index in [0.717, 1.165) is 29.4 Å². The molecule has 4 nitrogen and oxygen atoms in total. The van der Waals surface area contributed by atoms with Gasteiger partial charge in [0.25, 0.3) is 0 Å². The third-order valence-corrected chi connectivity index (χ3v) is 2.72. The van der Waals surface area contributed by atoms with Gasteiger partial charge in [0.15, 0.2) is 0 Å². The number of rotatable bonds is 4. The summed E-state index contributed by atoms with van der Waals surface area (Å²) in [5.41, 5.74) is 1.94. The molecule has 17 heavy (non-hydrogen) atoms. The molecule has 90 valence electrons. The lowest BCUT2D eigenvalue weighted by atomic mass is 10.1. The Morgan fingerprint density at radius 3 is 2.71 bits per heavy atom. The van der Waals surface area contributed by atoms with Gasteiger partial charge >= 0.3 is 0 Å². The summed E-state index contributed by atoms with van der Waals surface area (Å²) in [6, 6.07) is 9.93. The number of aryl methyl sites for hydroxylation is 1. The molecule has 0 aliphatic rings. The molecule has 0 spiro atoms. The van der Waals surface area contributed by atoms with E-state index in [0.29, 0.717) is 0 Å². The van der Waals surface area contributed by atoms with Crippen LogP contribution in [0.5, 0.6) is 5.75 Å². The molecule has 1 aromatic carbocycles. The van der Waals surface area contributed by atoms with Crippen LogP contribution in [0.25, 0.3) is 11.3 Å². The van der Waals surface area contributed by atoms with Crippen LogP contribution < -0.4 is 10.1 Å². The van der Waals surface area contributed by atoms with Crippen LogP contribution in [-0.2, 0) is 6.54 Å². The van der Waals surface area contributed by atoms with Gasteiger partial charge < -0.3 is 10.1 Å². The number of methoxy groups -OCH3 is 1. The van der Waals surface area contributed by atoms with Crippen molar-refractivity contribution in [2.24, 2.45) is 0 Å². The summed E-state index contributed by atoms with van der Waals surface area (Å²) in [5, 5.41) is 7.69. The van der Waals surface area contributed by atoms with Gasteiger partial charge in [-0.05, 0) is 19.1 Å². The monoisotopic (exact) mass is 231 g/mol. The highest BCUT2D eigenvalue weighted by molar-refractivity contribution is 5.69. The molecule has 0 radical (unpaired) electrons. The Morgan fingerprint density at radius 1 is 1.35 bits per heavy atom. The first-order chi connectivity index (χ1) is 8.30. The smallest absolute Gasteiger partial charge is 0.128 e. The molecule has 0 aliphatic heterocycles. The minimum atomic E-state index is 0.839. The van der Waals surface area contributed by atoms with E-state index < -0.39 is 0 Å².